The first-order valence-electron chi connectivity index (χ1n) is 11.3. The number of piperazine rings is 1. The first-order valence-corrected chi connectivity index (χ1v) is 11.3. The number of halogens is 1. The molecule has 1 N–H and O–H groups in total. The van der Waals surface area contributed by atoms with E-state index in [1.807, 2.05) is 11.9 Å². The molecule has 0 spiro atoms. The van der Waals surface area contributed by atoms with Crippen LogP contribution in [0.1, 0.15) is 32.1 Å². The van der Waals surface area contributed by atoms with Gasteiger partial charge in [0.25, 0.3) is 0 Å². The maximum absolute atomic E-state index is 12.9. The normalized spacial score (nSPS) is 25.2. The van der Waals surface area contributed by atoms with Gasteiger partial charge in [0.15, 0.2) is 5.96 Å². The minimum Gasteiger partial charge on any atom is -0.376 e. The number of ether oxygens (including phenoxy) is 1. The van der Waals surface area contributed by atoms with E-state index >= 15 is 0 Å². The Labute approximate surface area is 203 Å². The van der Waals surface area contributed by atoms with Crippen molar-refractivity contribution in [3.63, 3.8) is 0 Å². The molecule has 2 unspecified atom stereocenters. The first kappa shape index (κ1) is 26.1. The predicted octanol–water partition coefficient (Wildman–Crippen LogP) is 0.446. The summed E-state index contributed by atoms with van der Waals surface area (Å²) in [6, 6.07) is 0.0315. The van der Waals surface area contributed by atoms with Crippen LogP contribution in [0.25, 0.3) is 0 Å². The monoisotopic (exact) mass is 550 g/mol. The molecule has 3 aliphatic heterocycles. The van der Waals surface area contributed by atoms with Crippen molar-refractivity contribution in [2.45, 2.75) is 44.2 Å². The van der Waals surface area contributed by atoms with Crippen LogP contribution in [0.2, 0.25) is 0 Å². The number of likely N-dealkylation sites (N-methyl/N-ethyl adjacent to an activating group) is 2. The highest BCUT2D eigenvalue weighted by atomic mass is 127. The van der Waals surface area contributed by atoms with Crippen LogP contribution in [0, 0.1) is 0 Å². The lowest BCUT2D eigenvalue weighted by Gasteiger charge is -2.38. The van der Waals surface area contributed by atoms with Crippen LogP contribution in [0.5, 0.6) is 0 Å². The van der Waals surface area contributed by atoms with Crippen LogP contribution >= 0.6 is 24.0 Å². The second-order valence-electron chi connectivity index (χ2n) is 8.75. The van der Waals surface area contributed by atoms with E-state index in [0.717, 1.165) is 57.9 Å². The average Bonchev–Trinajstić information content (AvgIpc) is 3.19. The largest absolute Gasteiger partial charge is 0.376 e. The molecule has 3 aliphatic rings. The molecule has 3 heterocycles. The number of aliphatic imine (C=N–C) groups is 1. The minimum atomic E-state index is -0.0266. The molecule has 2 amide bonds. The molecule has 9 nitrogen and oxygen atoms in total. The van der Waals surface area contributed by atoms with Gasteiger partial charge >= 0.3 is 0 Å². The highest BCUT2D eigenvalue weighted by Gasteiger charge is 2.33. The Kier molecular flexibility index (Phi) is 10.8. The Balaban J connectivity index is 0.00000341. The summed E-state index contributed by atoms with van der Waals surface area (Å²) < 4.78 is 5.83. The molecular formula is C21H39IN6O3. The first-order chi connectivity index (χ1) is 14.5. The SMILES string of the molecule is CN(C)C(=O)CN=C(NCC1CCCCO1)N1CCN(C(=O)C2CCCN2C)CC1.I. The minimum absolute atomic E-state index is 0. The summed E-state index contributed by atoms with van der Waals surface area (Å²) in [6.45, 7) is 5.44. The second kappa shape index (κ2) is 12.8. The zero-order valence-corrected chi connectivity index (χ0v) is 21.5. The Bertz CT molecular complexity index is 618. The summed E-state index contributed by atoms with van der Waals surface area (Å²) in [5, 5.41) is 3.43. The van der Waals surface area contributed by atoms with Crippen molar-refractivity contribution in [2.24, 2.45) is 4.99 Å². The van der Waals surface area contributed by atoms with Gasteiger partial charge in [-0.3, -0.25) is 14.5 Å². The molecule has 0 bridgehead atoms. The van der Waals surface area contributed by atoms with Gasteiger partial charge in [0, 0.05) is 53.4 Å². The highest BCUT2D eigenvalue weighted by molar-refractivity contribution is 14.0. The van der Waals surface area contributed by atoms with Gasteiger partial charge < -0.3 is 24.8 Å². The summed E-state index contributed by atoms with van der Waals surface area (Å²) in [6.07, 6.45) is 5.60. The van der Waals surface area contributed by atoms with E-state index in [1.165, 1.54) is 6.42 Å². The van der Waals surface area contributed by atoms with Gasteiger partial charge in [-0.2, -0.15) is 0 Å². The molecular weight excluding hydrogens is 511 g/mol. The number of hydrogen-bond acceptors (Lipinski definition) is 5. The number of hydrogen-bond donors (Lipinski definition) is 1. The van der Waals surface area contributed by atoms with Crippen LogP contribution < -0.4 is 5.32 Å². The molecule has 0 aromatic rings. The molecule has 3 rings (SSSR count). The maximum Gasteiger partial charge on any atom is 0.243 e. The molecule has 0 aromatic heterocycles. The van der Waals surface area contributed by atoms with Crippen molar-refractivity contribution in [1.29, 1.82) is 0 Å². The molecule has 0 saturated carbocycles. The van der Waals surface area contributed by atoms with E-state index < -0.39 is 0 Å². The average molecular weight is 550 g/mol. The van der Waals surface area contributed by atoms with Crippen molar-refractivity contribution in [3.8, 4) is 0 Å². The lowest BCUT2D eigenvalue weighted by Crippen LogP contribution is -2.57. The van der Waals surface area contributed by atoms with Gasteiger partial charge in [0.1, 0.15) is 6.54 Å². The van der Waals surface area contributed by atoms with Crippen molar-refractivity contribution < 1.29 is 14.3 Å². The van der Waals surface area contributed by atoms with Gasteiger partial charge in [0.05, 0.1) is 12.1 Å². The Morgan fingerprint density at radius 1 is 1.03 bits per heavy atom. The summed E-state index contributed by atoms with van der Waals surface area (Å²) in [5.41, 5.74) is 0. The summed E-state index contributed by atoms with van der Waals surface area (Å²) in [5.74, 6) is 0.963. The fraction of sp³-hybridized carbons (Fsp3) is 0.857. The molecule has 0 radical (unpaired) electrons. The van der Waals surface area contributed by atoms with Crippen LogP contribution in [0.4, 0.5) is 0 Å². The van der Waals surface area contributed by atoms with Crippen molar-refractivity contribution >= 4 is 41.8 Å². The number of likely N-dealkylation sites (tertiary alicyclic amines) is 1. The fourth-order valence-corrected chi connectivity index (χ4v) is 4.30. The molecule has 2 atom stereocenters. The third kappa shape index (κ3) is 7.45. The lowest BCUT2D eigenvalue weighted by atomic mass is 10.1. The molecule has 178 valence electrons. The maximum atomic E-state index is 12.9. The molecule has 3 saturated heterocycles. The number of carbonyl (C=O) groups is 2. The Hall–Kier alpha value is -1.14. The van der Waals surface area contributed by atoms with Crippen LogP contribution in [0.3, 0.4) is 0 Å². The van der Waals surface area contributed by atoms with Crippen LogP contribution in [0.15, 0.2) is 4.99 Å². The quantitative estimate of drug-likeness (QED) is 0.304. The molecule has 0 aromatic carbocycles. The molecule has 10 heteroatoms. The number of amides is 2. The topological polar surface area (TPSA) is 80.7 Å². The zero-order chi connectivity index (χ0) is 21.5. The number of carbonyl (C=O) groups excluding carboxylic acids is 2. The highest BCUT2D eigenvalue weighted by Crippen LogP contribution is 2.18. The van der Waals surface area contributed by atoms with E-state index in [-0.39, 0.29) is 54.5 Å². The third-order valence-corrected chi connectivity index (χ3v) is 6.32. The van der Waals surface area contributed by atoms with Gasteiger partial charge in [-0.05, 0) is 45.7 Å². The molecule has 3 fully saturated rings. The van der Waals surface area contributed by atoms with Crippen molar-refractivity contribution in [3.05, 3.63) is 0 Å². The van der Waals surface area contributed by atoms with E-state index in [0.29, 0.717) is 19.6 Å². The van der Waals surface area contributed by atoms with E-state index in [2.05, 4.69) is 20.1 Å². The van der Waals surface area contributed by atoms with Gasteiger partial charge in [-0.25, -0.2) is 4.99 Å². The van der Waals surface area contributed by atoms with Gasteiger partial charge in [0.2, 0.25) is 11.8 Å². The standard InChI is InChI=1S/C21H38N6O3.HI/c1-24(2)19(28)16-23-21(22-15-17-7-4-5-14-30-17)27-12-10-26(11-13-27)20(29)18-8-6-9-25(18)3;/h17-18H,4-16H2,1-3H3,(H,22,23);1H. The lowest BCUT2D eigenvalue weighted by molar-refractivity contribution is -0.136. The van der Waals surface area contributed by atoms with Crippen molar-refractivity contribution in [1.82, 2.24) is 24.9 Å². The second-order valence-corrected chi connectivity index (χ2v) is 8.75. The Morgan fingerprint density at radius 3 is 2.32 bits per heavy atom. The van der Waals surface area contributed by atoms with E-state index in [4.69, 9.17) is 4.74 Å². The van der Waals surface area contributed by atoms with Crippen LogP contribution in [-0.4, -0.2) is 123 Å². The molecule has 0 aliphatic carbocycles. The van der Waals surface area contributed by atoms with Crippen LogP contribution in [-0.2, 0) is 14.3 Å². The smallest absolute Gasteiger partial charge is 0.243 e. The third-order valence-electron chi connectivity index (χ3n) is 6.32. The number of nitrogens with one attached hydrogen (secondary N) is 1. The summed E-state index contributed by atoms with van der Waals surface area (Å²) in [7, 11) is 5.52. The summed E-state index contributed by atoms with van der Waals surface area (Å²) >= 11 is 0. The van der Waals surface area contributed by atoms with Crippen molar-refractivity contribution in [2.75, 3.05) is 73.6 Å². The fourth-order valence-electron chi connectivity index (χ4n) is 4.30. The van der Waals surface area contributed by atoms with E-state index in [1.54, 1.807) is 19.0 Å². The number of nitrogens with zero attached hydrogens (tertiary/aromatic N) is 5. The molecule has 31 heavy (non-hydrogen) atoms. The van der Waals surface area contributed by atoms with Gasteiger partial charge in [-0.15, -0.1) is 24.0 Å². The van der Waals surface area contributed by atoms with Gasteiger partial charge in [-0.1, -0.05) is 0 Å². The zero-order valence-electron chi connectivity index (χ0n) is 19.2. The predicted molar refractivity (Wildman–Crippen MR) is 132 cm³/mol. The Morgan fingerprint density at radius 2 is 1.74 bits per heavy atom. The van der Waals surface area contributed by atoms with E-state index in [9.17, 15) is 9.59 Å². The number of guanidine groups is 1. The summed E-state index contributed by atoms with van der Waals surface area (Å²) in [4.78, 5) is 37.4. The number of rotatable bonds is 5.